The van der Waals surface area contributed by atoms with Gasteiger partial charge in [-0.1, -0.05) is 0 Å². The van der Waals surface area contributed by atoms with Crippen LogP contribution in [-0.2, 0) is 0 Å². The first kappa shape index (κ1) is 7.97. The van der Waals surface area contributed by atoms with Crippen LogP contribution in [0.1, 0.15) is 19.9 Å². The fraction of sp³-hybridized carbons (Fsp3) is 0.375. The zero-order chi connectivity index (χ0) is 9.42. The summed E-state index contributed by atoms with van der Waals surface area (Å²) < 4.78 is 1.94. The third kappa shape index (κ3) is 1.12. The highest BCUT2D eigenvalue weighted by Crippen LogP contribution is 2.23. The Morgan fingerprint density at radius 3 is 2.77 bits per heavy atom. The van der Waals surface area contributed by atoms with Crippen LogP contribution in [0.15, 0.2) is 12.7 Å². The summed E-state index contributed by atoms with van der Waals surface area (Å²) in [6.45, 7) is 4.12. The molecule has 5 heteroatoms. The molecule has 13 heavy (non-hydrogen) atoms. The highest BCUT2D eigenvalue weighted by Gasteiger charge is 2.15. The summed E-state index contributed by atoms with van der Waals surface area (Å²) in [6, 6.07) is 0.312. The van der Waals surface area contributed by atoms with E-state index in [1.165, 1.54) is 6.33 Å². The molecule has 2 aliphatic heterocycles. The highest BCUT2D eigenvalue weighted by molar-refractivity contribution is 5.64. The fourth-order valence-electron chi connectivity index (χ4n) is 1.25. The largest absolute Gasteiger partial charge is 0.382 e. The standard InChI is InChI=1S/C8H11N5/c1-5(2)13-4-12-7(9)6-8(13)11-3-10-6/h3-5H,9H2,1-2H3. The first-order valence-corrected chi connectivity index (χ1v) is 4.13. The minimum atomic E-state index is 0.312. The van der Waals surface area contributed by atoms with E-state index in [2.05, 4.69) is 28.8 Å². The van der Waals surface area contributed by atoms with Gasteiger partial charge in [-0.25, -0.2) is 15.0 Å². The number of imidazole rings is 1. The molecule has 0 spiro atoms. The Hall–Kier alpha value is -1.65. The van der Waals surface area contributed by atoms with E-state index >= 15 is 0 Å². The molecule has 0 atom stereocenters. The molecule has 0 radical (unpaired) electrons. The van der Waals surface area contributed by atoms with Crippen molar-refractivity contribution in [2.45, 2.75) is 19.9 Å². The van der Waals surface area contributed by atoms with Crippen LogP contribution in [0.4, 0.5) is 5.82 Å². The summed E-state index contributed by atoms with van der Waals surface area (Å²) >= 11 is 0. The lowest BCUT2D eigenvalue weighted by Gasteiger charge is -2.14. The van der Waals surface area contributed by atoms with Crippen LogP contribution < -0.4 is 5.73 Å². The molecule has 0 saturated heterocycles. The quantitative estimate of drug-likeness (QED) is 0.703. The molecule has 2 heterocycles. The number of fused-ring (bicyclic) bond motifs is 1. The predicted octanol–water partition coefficient (Wildman–Crippen LogP) is 0.941. The van der Waals surface area contributed by atoms with Gasteiger partial charge in [-0.3, -0.25) is 0 Å². The normalized spacial score (nSPS) is 11.3. The fourth-order valence-corrected chi connectivity index (χ4v) is 1.25. The van der Waals surface area contributed by atoms with Crippen LogP contribution in [0.25, 0.3) is 11.5 Å². The molecule has 68 valence electrons. The van der Waals surface area contributed by atoms with Crippen molar-refractivity contribution in [3.63, 3.8) is 0 Å². The summed E-state index contributed by atoms with van der Waals surface area (Å²) in [5.41, 5.74) is 6.32. The van der Waals surface area contributed by atoms with Crippen LogP contribution in [0.2, 0.25) is 0 Å². The second-order valence-electron chi connectivity index (χ2n) is 3.18. The molecule has 0 saturated carbocycles. The van der Waals surface area contributed by atoms with Crippen LogP contribution in [0.5, 0.6) is 0 Å². The van der Waals surface area contributed by atoms with Gasteiger partial charge in [-0.05, 0) is 13.8 Å². The maximum absolute atomic E-state index is 5.64. The molecular formula is C8H11N5. The van der Waals surface area contributed by atoms with Crippen molar-refractivity contribution in [3.05, 3.63) is 12.7 Å². The van der Waals surface area contributed by atoms with Crippen LogP contribution >= 0.6 is 0 Å². The zero-order valence-corrected chi connectivity index (χ0v) is 7.60. The first-order chi connectivity index (χ1) is 6.20. The van der Waals surface area contributed by atoms with Crippen LogP contribution in [0, 0.1) is 0 Å². The molecule has 0 aliphatic carbocycles. The minimum absolute atomic E-state index is 0.312. The monoisotopic (exact) mass is 177 g/mol. The maximum atomic E-state index is 5.64. The van der Waals surface area contributed by atoms with E-state index in [-0.39, 0.29) is 0 Å². The van der Waals surface area contributed by atoms with Gasteiger partial charge < -0.3 is 10.3 Å². The van der Waals surface area contributed by atoms with Crippen molar-refractivity contribution < 1.29 is 0 Å². The van der Waals surface area contributed by atoms with Gasteiger partial charge in [0.05, 0.1) is 6.33 Å². The lowest BCUT2D eigenvalue weighted by molar-refractivity contribution is 0.586. The van der Waals surface area contributed by atoms with E-state index < -0.39 is 0 Å². The minimum Gasteiger partial charge on any atom is -0.382 e. The molecule has 2 rings (SSSR count). The molecule has 0 bridgehead atoms. The average Bonchev–Trinajstić information content (AvgIpc) is 2.53. The lowest BCUT2D eigenvalue weighted by Crippen LogP contribution is -2.09. The maximum Gasteiger partial charge on any atom is 0.165 e. The van der Waals surface area contributed by atoms with Gasteiger partial charge in [-0.2, -0.15) is 0 Å². The molecule has 0 aromatic rings. The summed E-state index contributed by atoms with van der Waals surface area (Å²) in [5, 5.41) is 0. The SMILES string of the molecule is CC(C)n1cnc(N)c2ncnc1-2. The summed E-state index contributed by atoms with van der Waals surface area (Å²) in [4.78, 5) is 12.2. The molecule has 5 nitrogen and oxygen atoms in total. The number of aromatic nitrogens is 4. The Morgan fingerprint density at radius 2 is 2.08 bits per heavy atom. The van der Waals surface area contributed by atoms with E-state index in [1.807, 2.05) is 4.57 Å². The predicted molar refractivity (Wildman–Crippen MR) is 49.2 cm³/mol. The number of hydrogen-bond acceptors (Lipinski definition) is 4. The molecule has 2 aliphatic rings. The summed E-state index contributed by atoms with van der Waals surface area (Å²) in [7, 11) is 0. The number of hydrogen-bond donors (Lipinski definition) is 1. The Labute approximate surface area is 76.0 Å². The van der Waals surface area contributed by atoms with Gasteiger partial charge in [0.25, 0.3) is 0 Å². The molecule has 0 aromatic carbocycles. The van der Waals surface area contributed by atoms with Gasteiger partial charge in [-0.15, -0.1) is 0 Å². The Kier molecular flexibility index (Phi) is 1.65. The number of nitrogens with two attached hydrogens (primary N) is 1. The molecule has 0 amide bonds. The molecule has 0 unspecified atom stereocenters. The molecular weight excluding hydrogens is 166 g/mol. The number of nitrogen functional groups attached to an aromatic ring is 1. The van der Waals surface area contributed by atoms with Crippen LogP contribution in [0.3, 0.4) is 0 Å². The third-order valence-electron chi connectivity index (χ3n) is 1.94. The average molecular weight is 177 g/mol. The zero-order valence-electron chi connectivity index (χ0n) is 7.60. The highest BCUT2D eigenvalue weighted by atomic mass is 15.2. The summed E-state index contributed by atoms with van der Waals surface area (Å²) in [6.07, 6.45) is 3.19. The lowest BCUT2D eigenvalue weighted by atomic mass is 10.3. The second-order valence-corrected chi connectivity index (χ2v) is 3.18. The van der Waals surface area contributed by atoms with E-state index in [0.29, 0.717) is 17.6 Å². The second kappa shape index (κ2) is 2.69. The van der Waals surface area contributed by atoms with E-state index in [1.54, 1.807) is 6.33 Å². The van der Waals surface area contributed by atoms with Crippen LogP contribution in [-0.4, -0.2) is 19.5 Å². The first-order valence-electron chi connectivity index (χ1n) is 4.13. The molecule has 2 N–H and O–H groups in total. The van der Waals surface area contributed by atoms with E-state index in [0.717, 1.165) is 5.82 Å². The molecule has 0 fully saturated rings. The van der Waals surface area contributed by atoms with Gasteiger partial charge in [0.15, 0.2) is 11.6 Å². The van der Waals surface area contributed by atoms with Gasteiger partial charge in [0.1, 0.15) is 12.0 Å². The van der Waals surface area contributed by atoms with E-state index in [4.69, 9.17) is 5.73 Å². The summed E-state index contributed by atoms with van der Waals surface area (Å²) in [5.74, 6) is 1.23. The van der Waals surface area contributed by atoms with Crippen molar-refractivity contribution in [1.29, 1.82) is 0 Å². The van der Waals surface area contributed by atoms with E-state index in [9.17, 15) is 0 Å². The molecule has 0 aromatic heterocycles. The van der Waals surface area contributed by atoms with Gasteiger partial charge >= 0.3 is 0 Å². The Balaban J connectivity index is 2.68. The third-order valence-corrected chi connectivity index (χ3v) is 1.94. The Bertz CT molecular complexity index is 392. The van der Waals surface area contributed by atoms with Crippen molar-refractivity contribution in [2.24, 2.45) is 0 Å². The topological polar surface area (TPSA) is 69.6 Å². The smallest absolute Gasteiger partial charge is 0.165 e. The van der Waals surface area contributed by atoms with Crippen molar-refractivity contribution in [1.82, 2.24) is 19.5 Å². The number of anilines is 1. The van der Waals surface area contributed by atoms with Gasteiger partial charge in [0.2, 0.25) is 0 Å². The van der Waals surface area contributed by atoms with Crippen molar-refractivity contribution >= 4 is 5.82 Å². The van der Waals surface area contributed by atoms with Crippen molar-refractivity contribution in [2.75, 3.05) is 5.73 Å². The number of rotatable bonds is 1. The Morgan fingerprint density at radius 1 is 1.31 bits per heavy atom. The number of nitrogens with zero attached hydrogens (tertiary/aromatic N) is 4. The van der Waals surface area contributed by atoms with Gasteiger partial charge in [0, 0.05) is 6.04 Å². The van der Waals surface area contributed by atoms with Crippen molar-refractivity contribution in [3.8, 4) is 11.5 Å².